The fourth-order valence-corrected chi connectivity index (χ4v) is 2.49. The summed E-state index contributed by atoms with van der Waals surface area (Å²) in [5.41, 5.74) is 1.85. The molecule has 0 saturated heterocycles. The number of hydrogen-bond donors (Lipinski definition) is 1. The van der Waals surface area contributed by atoms with Crippen LogP contribution in [0.4, 0.5) is 0 Å². The normalized spacial score (nSPS) is 13.0. The molecule has 2 aromatic rings. The highest BCUT2D eigenvalue weighted by Crippen LogP contribution is 2.20. The van der Waals surface area contributed by atoms with Crippen LogP contribution in [0.3, 0.4) is 0 Å². The molecule has 0 radical (unpaired) electrons. The molecule has 5 heteroatoms. The second-order valence-electron chi connectivity index (χ2n) is 6.36. The molecular formula is C21H25NO4. The summed E-state index contributed by atoms with van der Waals surface area (Å²) in [4.78, 5) is 24.5. The number of carbonyl (C=O) groups excluding carboxylic acids is 2. The van der Waals surface area contributed by atoms with Crippen molar-refractivity contribution in [2.45, 2.75) is 38.8 Å². The van der Waals surface area contributed by atoms with E-state index in [4.69, 9.17) is 9.47 Å². The standard InChI is InChI=1S/C21H25NO4/c1-14(2)16-10-12-18(13-11-16)26-15(3)20(23)22-19(21(24)25-4)17-8-6-5-7-9-17/h5-15,19H,1-4H3,(H,22,23). The Morgan fingerprint density at radius 1 is 0.885 bits per heavy atom. The van der Waals surface area contributed by atoms with Crippen molar-refractivity contribution in [1.29, 1.82) is 0 Å². The van der Waals surface area contributed by atoms with Gasteiger partial charge in [0.05, 0.1) is 7.11 Å². The van der Waals surface area contributed by atoms with E-state index in [2.05, 4.69) is 19.2 Å². The smallest absolute Gasteiger partial charge is 0.333 e. The molecule has 0 aliphatic rings. The minimum Gasteiger partial charge on any atom is -0.481 e. The predicted molar refractivity (Wildman–Crippen MR) is 100.0 cm³/mol. The molecule has 0 bridgehead atoms. The third-order valence-electron chi connectivity index (χ3n) is 4.09. The average Bonchev–Trinajstić information content (AvgIpc) is 2.66. The summed E-state index contributed by atoms with van der Waals surface area (Å²) < 4.78 is 10.5. The first kappa shape index (κ1) is 19.5. The lowest BCUT2D eigenvalue weighted by Crippen LogP contribution is -2.41. The molecule has 1 amide bonds. The van der Waals surface area contributed by atoms with Crippen LogP contribution in [0.15, 0.2) is 54.6 Å². The van der Waals surface area contributed by atoms with Gasteiger partial charge in [-0.25, -0.2) is 4.79 Å². The van der Waals surface area contributed by atoms with Crippen LogP contribution >= 0.6 is 0 Å². The fourth-order valence-electron chi connectivity index (χ4n) is 2.49. The van der Waals surface area contributed by atoms with Crippen molar-refractivity contribution in [3.63, 3.8) is 0 Å². The van der Waals surface area contributed by atoms with Crippen LogP contribution in [0.5, 0.6) is 5.75 Å². The zero-order valence-corrected chi connectivity index (χ0v) is 15.6. The first-order chi connectivity index (χ1) is 12.4. The molecule has 5 nitrogen and oxygen atoms in total. The lowest BCUT2D eigenvalue weighted by Gasteiger charge is -2.20. The zero-order valence-electron chi connectivity index (χ0n) is 15.6. The van der Waals surface area contributed by atoms with E-state index < -0.39 is 24.0 Å². The Morgan fingerprint density at radius 3 is 2.04 bits per heavy atom. The summed E-state index contributed by atoms with van der Waals surface area (Å²) in [5, 5.41) is 2.70. The molecule has 2 rings (SSSR count). The van der Waals surface area contributed by atoms with Crippen LogP contribution in [-0.2, 0) is 14.3 Å². The number of amides is 1. The van der Waals surface area contributed by atoms with E-state index in [1.54, 1.807) is 31.2 Å². The fraction of sp³-hybridized carbons (Fsp3) is 0.333. The van der Waals surface area contributed by atoms with E-state index in [0.29, 0.717) is 17.2 Å². The maximum Gasteiger partial charge on any atom is 0.333 e. The third-order valence-corrected chi connectivity index (χ3v) is 4.09. The predicted octanol–water partition coefficient (Wildman–Crippen LogP) is 3.61. The Morgan fingerprint density at radius 2 is 1.50 bits per heavy atom. The van der Waals surface area contributed by atoms with Crippen LogP contribution in [0.2, 0.25) is 0 Å². The SMILES string of the molecule is COC(=O)C(NC(=O)C(C)Oc1ccc(C(C)C)cc1)c1ccccc1. The van der Waals surface area contributed by atoms with Gasteiger partial charge in [0.25, 0.3) is 5.91 Å². The Labute approximate surface area is 154 Å². The van der Waals surface area contributed by atoms with E-state index >= 15 is 0 Å². The number of nitrogens with one attached hydrogen (secondary N) is 1. The highest BCUT2D eigenvalue weighted by Gasteiger charge is 2.26. The van der Waals surface area contributed by atoms with Gasteiger partial charge < -0.3 is 14.8 Å². The highest BCUT2D eigenvalue weighted by atomic mass is 16.5. The van der Waals surface area contributed by atoms with Gasteiger partial charge in [0, 0.05) is 0 Å². The summed E-state index contributed by atoms with van der Waals surface area (Å²) in [5.74, 6) is 0.109. The van der Waals surface area contributed by atoms with Crippen LogP contribution in [0, 0.1) is 0 Å². The number of rotatable bonds is 7. The first-order valence-corrected chi connectivity index (χ1v) is 8.62. The maximum absolute atomic E-state index is 12.5. The average molecular weight is 355 g/mol. The Balaban J connectivity index is 2.05. The van der Waals surface area contributed by atoms with Gasteiger partial charge in [-0.3, -0.25) is 4.79 Å². The monoisotopic (exact) mass is 355 g/mol. The molecule has 0 aliphatic heterocycles. The Hall–Kier alpha value is -2.82. The molecule has 0 aliphatic carbocycles. The first-order valence-electron chi connectivity index (χ1n) is 8.62. The van der Waals surface area contributed by atoms with Gasteiger partial charge >= 0.3 is 5.97 Å². The number of ether oxygens (including phenoxy) is 2. The van der Waals surface area contributed by atoms with Gasteiger partial charge in [-0.2, -0.15) is 0 Å². The van der Waals surface area contributed by atoms with Gasteiger partial charge in [0.1, 0.15) is 5.75 Å². The van der Waals surface area contributed by atoms with E-state index in [1.165, 1.54) is 12.7 Å². The van der Waals surface area contributed by atoms with Crippen molar-refractivity contribution < 1.29 is 19.1 Å². The van der Waals surface area contributed by atoms with Gasteiger partial charge in [0.15, 0.2) is 12.1 Å². The van der Waals surface area contributed by atoms with Crippen LogP contribution in [0.25, 0.3) is 0 Å². The van der Waals surface area contributed by atoms with Crippen LogP contribution in [0.1, 0.15) is 43.9 Å². The molecule has 1 N–H and O–H groups in total. The summed E-state index contributed by atoms with van der Waals surface area (Å²) in [6, 6.07) is 15.7. The molecule has 0 aromatic heterocycles. The number of hydrogen-bond acceptors (Lipinski definition) is 4. The van der Waals surface area contributed by atoms with E-state index in [9.17, 15) is 9.59 Å². The largest absolute Gasteiger partial charge is 0.481 e. The number of carbonyl (C=O) groups is 2. The third kappa shape index (κ3) is 5.09. The molecular weight excluding hydrogens is 330 g/mol. The summed E-state index contributed by atoms with van der Waals surface area (Å²) >= 11 is 0. The van der Waals surface area contributed by atoms with Crippen LogP contribution in [-0.4, -0.2) is 25.1 Å². The van der Waals surface area contributed by atoms with E-state index in [0.717, 1.165) is 0 Å². The molecule has 138 valence electrons. The minimum absolute atomic E-state index is 0.391. The van der Waals surface area contributed by atoms with Gasteiger partial charge in [-0.15, -0.1) is 0 Å². The molecule has 26 heavy (non-hydrogen) atoms. The highest BCUT2D eigenvalue weighted by molar-refractivity contribution is 5.87. The molecule has 2 unspecified atom stereocenters. The quantitative estimate of drug-likeness (QED) is 0.771. The maximum atomic E-state index is 12.5. The van der Waals surface area contributed by atoms with Gasteiger partial charge in [-0.1, -0.05) is 56.3 Å². The molecule has 0 heterocycles. The molecule has 0 fully saturated rings. The second kappa shape index (κ2) is 9.04. The molecule has 0 spiro atoms. The number of methoxy groups -OCH3 is 1. The van der Waals surface area contributed by atoms with Gasteiger partial charge in [-0.05, 0) is 36.1 Å². The second-order valence-corrected chi connectivity index (χ2v) is 6.36. The summed E-state index contributed by atoms with van der Waals surface area (Å²) in [6.07, 6.45) is -0.754. The Kier molecular flexibility index (Phi) is 6.78. The van der Waals surface area contributed by atoms with Crippen molar-refractivity contribution in [1.82, 2.24) is 5.32 Å². The summed E-state index contributed by atoms with van der Waals surface area (Å²) in [7, 11) is 1.29. The van der Waals surface area contributed by atoms with Crippen molar-refractivity contribution in [2.75, 3.05) is 7.11 Å². The van der Waals surface area contributed by atoms with Gasteiger partial charge in [0.2, 0.25) is 0 Å². The lowest BCUT2D eigenvalue weighted by molar-refractivity contribution is -0.146. The summed E-state index contributed by atoms with van der Waals surface area (Å²) in [6.45, 7) is 5.87. The van der Waals surface area contributed by atoms with E-state index in [-0.39, 0.29) is 0 Å². The topological polar surface area (TPSA) is 64.6 Å². The number of benzene rings is 2. The van der Waals surface area contributed by atoms with Crippen molar-refractivity contribution in [3.8, 4) is 5.75 Å². The number of esters is 1. The van der Waals surface area contributed by atoms with Crippen molar-refractivity contribution in [3.05, 3.63) is 65.7 Å². The zero-order chi connectivity index (χ0) is 19.1. The van der Waals surface area contributed by atoms with Crippen molar-refractivity contribution in [2.24, 2.45) is 0 Å². The lowest BCUT2D eigenvalue weighted by atomic mass is 10.0. The minimum atomic E-state index is -0.872. The Bertz CT molecular complexity index is 725. The van der Waals surface area contributed by atoms with E-state index in [1.807, 2.05) is 30.3 Å². The van der Waals surface area contributed by atoms with Crippen molar-refractivity contribution >= 4 is 11.9 Å². The molecule has 2 atom stereocenters. The van der Waals surface area contributed by atoms with Crippen LogP contribution < -0.4 is 10.1 Å². The molecule has 0 saturated carbocycles. The molecule has 2 aromatic carbocycles.